The number of carbonyl (C=O) groups excluding carboxylic acids is 1. The zero-order chi connectivity index (χ0) is 16.1. The van der Waals surface area contributed by atoms with Crippen molar-refractivity contribution < 1.29 is 9.53 Å². The van der Waals surface area contributed by atoms with Gasteiger partial charge in [0.1, 0.15) is 11.6 Å². The minimum atomic E-state index is -0.456. The maximum Gasteiger partial charge on any atom is 0.324 e. The van der Waals surface area contributed by atoms with Crippen LogP contribution in [0.4, 0.5) is 0 Å². The van der Waals surface area contributed by atoms with E-state index in [1.54, 1.807) is 0 Å². The number of hydrogen-bond acceptors (Lipinski definition) is 3. The third kappa shape index (κ3) is 2.79. The first-order valence-corrected chi connectivity index (χ1v) is 8.27. The first-order valence-electron chi connectivity index (χ1n) is 7.48. The van der Waals surface area contributed by atoms with Crippen LogP contribution in [-0.2, 0) is 29.5 Å². The molecule has 1 atom stereocenters. The number of esters is 1. The highest BCUT2D eigenvalue weighted by molar-refractivity contribution is 9.10. The standard InChI is InChI=1S/C17H21BrN2O2/c1-17(2,3)22-16(21)13-8-15-12(9-19-13)11-6-5-10(18)7-14(11)20(15)4/h5-7,13,19H,8-9H2,1-4H3. The summed E-state index contributed by atoms with van der Waals surface area (Å²) in [5.74, 6) is -0.176. The molecule has 0 radical (unpaired) electrons. The lowest BCUT2D eigenvalue weighted by Gasteiger charge is -2.27. The van der Waals surface area contributed by atoms with Crippen LogP contribution in [0.1, 0.15) is 32.0 Å². The third-order valence-electron chi connectivity index (χ3n) is 4.01. The van der Waals surface area contributed by atoms with Crippen LogP contribution in [0.5, 0.6) is 0 Å². The Morgan fingerprint density at radius 1 is 1.41 bits per heavy atom. The summed E-state index contributed by atoms with van der Waals surface area (Å²) in [7, 11) is 2.06. The van der Waals surface area contributed by atoms with E-state index in [9.17, 15) is 4.79 Å². The molecule has 0 aliphatic carbocycles. The lowest BCUT2D eigenvalue weighted by atomic mass is 10.0. The first-order chi connectivity index (χ1) is 10.3. The van der Waals surface area contributed by atoms with Gasteiger partial charge in [0.05, 0.1) is 0 Å². The fraction of sp³-hybridized carbons (Fsp3) is 0.471. The number of fused-ring (bicyclic) bond motifs is 3. The van der Waals surface area contributed by atoms with Crippen molar-refractivity contribution in [3.8, 4) is 0 Å². The van der Waals surface area contributed by atoms with E-state index < -0.39 is 5.60 Å². The van der Waals surface area contributed by atoms with Crippen LogP contribution in [0.3, 0.4) is 0 Å². The maximum absolute atomic E-state index is 12.3. The van der Waals surface area contributed by atoms with Gasteiger partial charge in [0.15, 0.2) is 0 Å². The number of rotatable bonds is 1. The first kappa shape index (κ1) is 15.6. The van der Waals surface area contributed by atoms with Gasteiger partial charge in [-0.05, 0) is 38.5 Å². The number of carbonyl (C=O) groups is 1. The van der Waals surface area contributed by atoms with Crippen LogP contribution < -0.4 is 5.32 Å². The molecule has 0 bridgehead atoms. The van der Waals surface area contributed by atoms with Crippen molar-refractivity contribution in [2.45, 2.75) is 45.4 Å². The minimum Gasteiger partial charge on any atom is -0.459 e. The molecular formula is C17H21BrN2O2. The van der Waals surface area contributed by atoms with Crippen LogP contribution in [0.25, 0.3) is 10.9 Å². The van der Waals surface area contributed by atoms with Gasteiger partial charge in [-0.25, -0.2) is 0 Å². The van der Waals surface area contributed by atoms with E-state index in [1.807, 2.05) is 20.8 Å². The van der Waals surface area contributed by atoms with Crippen molar-refractivity contribution in [3.63, 3.8) is 0 Å². The zero-order valence-corrected chi connectivity index (χ0v) is 15.0. The molecule has 0 saturated carbocycles. The van der Waals surface area contributed by atoms with Crippen LogP contribution in [0.15, 0.2) is 22.7 Å². The molecule has 1 unspecified atom stereocenters. The largest absolute Gasteiger partial charge is 0.459 e. The molecule has 0 saturated heterocycles. The summed E-state index contributed by atoms with van der Waals surface area (Å²) < 4.78 is 8.76. The highest BCUT2D eigenvalue weighted by atomic mass is 79.9. The van der Waals surface area contributed by atoms with Gasteiger partial charge in [0.2, 0.25) is 0 Å². The van der Waals surface area contributed by atoms with E-state index in [0.29, 0.717) is 13.0 Å². The Morgan fingerprint density at radius 2 is 2.14 bits per heavy atom. The Hall–Kier alpha value is -1.33. The van der Waals surface area contributed by atoms with Crippen molar-refractivity contribution in [2.24, 2.45) is 7.05 Å². The number of nitrogens with one attached hydrogen (secondary N) is 1. The molecule has 22 heavy (non-hydrogen) atoms. The second-order valence-electron chi connectivity index (χ2n) is 6.82. The van der Waals surface area contributed by atoms with Crippen LogP contribution in [-0.4, -0.2) is 22.2 Å². The van der Waals surface area contributed by atoms with Crippen molar-refractivity contribution in [2.75, 3.05) is 0 Å². The smallest absolute Gasteiger partial charge is 0.324 e. The molecule has 2 aromatic rings. The van der Waals surface area contributed by atoms with Crippen LogP contribution in [0, 0.1) is 0 Å². The van der Waals surface area contributed by atoms with E-state index in [1.165, 1.54) is 22.2 Å². The fourth-order valence-corrected chi connectivity index (χ4v) is 3.38. The molecule has 0 spiro atoms. The Labute approximate surface area is 139 Å². The summed E-state index contributed by atoms with van der Waals surface area (Å²) in [5.41, 5.74) is 3.22. The summed E-state index contributed by atoms with van der Waals surface area (Å²) >= 11 is 3.52. The van der Waals surface area contributed by atoms with Crippen molar-refractivity contribution >= 4 is 32.8 Å². The number of aryl methyl sites for hydroxylation is 1. The molecule has 5 heteroatoms. The zero-order valence-electron chi connectivity index (χ0n) is 13.4. The Bertz CT molecular complexity index is 743. The Balaban J connectivity index is 1.93. The average molecular weight is 365 g/mol. The highest BCUT2D eigenvalue weighted by Gasteiger charge is 2.31. The molecule has 0 amide bonds. The highest BCUT2D eigenvalue weighted by Crippen LogP contribution is 2.31. The second-order valence-corrected chi connectivity index (χ2v) is 7.73. The molecule has 1 aliphatic heterocycles. The van der Waals surface area contributed by atoms with E-state index in [-0.39, 0.29) is 12.0 Å². The fourth-order valence-electron chi connectivity index (χ4n) is 3.03. The van der Waals surface area contributed by atoms with Gasteiger partial charge in [-0.3, -0.25) is 10.1 Å². The molecule has 2 heterocycles. The van der Waals surface area contributed by atoms with E-state index in [4.69, 9.17) is 4.74 Å². The predicted octanol–water partition coefficient (Wildman–Crippen LogP) is 3.30. The summed E-state index contributed by atoms with van der Waals surface area (Å²) in [5, 5.41) is 4.56. The Morgan fingerprint density at radius 3 is 2.82 bits per heavy atom. The summed E-state index contributed by atoms with van der Waals surface area (Å²) in [4.78, 5) is 12.3. The number of benzene rings is 1. The summed E-state index contributed by atoms with van der Waals surface area (Å²) in [6, 6.07) is 6.03. The van der Waals surface area contributed by atoms with Crippen molar-refractivity contribution in [3.05, 3.63) is 33.9 Å². The quantitative estimate of drug-likeness (QED) is 0.789. The second kappa shape index (κ2) is 5.39. The number of hydrogen-bond donors (Lipinski definition) is 1. The van der Waals surface area contributed by atoms with Crippen molar-refractivity contribution in [1.82, 2.24) is 9.88 Å². The molecule has 3 rings (SSSR count). The van der Waals surface area contributed by atoms with Crippen LogP contribution >= 0.6 is 15.9 Å². The van der Waals surface area contributed by atoms with Gasteiger partial charge in [0.25, 0.3) is 0 Å². The van der Waals surface area contributed by atoms with Gasteiger partial charge < -0.3 is 9.30 Å². The van der Waals surface area contributed by atoms with Gasteiger partial charge in [-0.15, -0.1) is 0 Å². The van der Waals surface area contributed by atoms with Crippen molar-refractivity contribution in [1.29, 1.82) is 0 Å². The van der Waals surface area contributed by atoms with E-state index >= 15 is 0 Å². The lowest BCUT2D eigenvalue weighted by Crippen LogP contribution is -2.45. The third-order valence-corrected chi connectivity index (χ3v) is 4.51. The van der Waals surface area contributed by atoms with Gasteiger partial charge in [0, 0.05) is 41.1 Å². The topological polar surface area (TPSA) is 43.3 Å². The number of ether oxygens (including phenoxy) is 1. The van der Waals surface area contributed by atoms with Gasteiger partial charge in [-0.1, -0.05) is 22.0 Å². The maximum atomic E-state index is 12.3. The lowest BCUT2D eigenvalue weighted by molar-refractivity contribution is -0.157. The van der Waals surface area contributed by atoms with E-state index in [0.717, 1.165) is 4.47 Å². The molecule has 1 aromatic heterocycles. The molecule has 4 nitrogen and oxygen atoms in total. The molecule has 0 fully saturated rings. The number of aromatic nitrogens is 1. The number of nitrogens with zero attached hydrogens (tertiary/aromatic N) is 1. The molecule has 1 aromatic carbocycles. The molecular weight excluding hydrogens is 344 g/mol. The molecule has 1 N–H and O–H groups in total. The van der Waals surface area contributed by atoms with Gasteiger partial charge >= 0.3 is 5.97 Å². The average Bonchev–Trinajstić information content (AvgIpc) is 2.70. The minimum absolute atomic E-state index is 0.176. The summed E-state index contributed by atoms with van der Waals surface area (Å²) in [6.07, 6.45) is 0.660. The predicted molar refractivity (Wildman–Crippen MR) is 90.8 cm³/mol. The Kier molecular flexibility index (Phi) is 3.81. The van der Waals surface area contributed by atoms with E-state index in [2.05, 4.69) is 51.1 Å². The normalized spacial score (nSPS) is 18.3. The molecule has 118 valence electrons. The summed E-state index contributed by atoms with van der Waals surface area (Å²) in [6.45, 7) is 6.38. The van der Waals surface area contributed by atoms with Crippen LogP contribution in [0.2, 0.25) is 0 Å². The molecule has 1 aliphatic rings. The number of halogens is 1. The SMILES string of the molecule is Cn1c2c(c3ccc(Br)cc31)CNC(C(=O)OC(C)(C)C)C2. The van der Waals surface area contributed by atoms with Gasteiger partial charge in [-0.2, -0.15) is 0 Å². The monoisotopic (exact) mass is 364 g/mol.